The number of aromatic nitrogens is 1. The Morgan fingerprint density at radius 2 is 1.87 bits per heavy atom. The Bertz CT molecular complexity index is 1170. The maximum Gasteiger partial charge on any atom is 0.267 e. The molecule has 0 spiro atoms. The van der Waals surface area contributed by atoms with Crippen LogP contribution in [0.25, 0.3) is 10.9 Å². The number of phenols is 1. The Kier molecular flexibility index (Phi) is 6.91. The van der Waals surface area contributed by atoms with Crippen molar-refractivity contribution in [1.82, 2.24) is 4.57 Å². The van der Waals surface area contributed by atoms with Crippen molar-refractivity contribution in [1.29, 1.82) is 0 Å². The van der Waals surface area contributed by atoms with Gasteiger partial charge in [0.05, 0.1) is 11.2 Å². The molecular weight excluding hydrogens is 390 g/mol. The number of pyridine rings is 1. The monoisotopic (exact) mass is 413 g/mol. The van der Waals surface area contributed by atoms with Crippen molar-refractivity contribution in [3.05, 3.63) is 63.3 Å². The van der Waals surface area contributed by atoms with Crippen LogP contribution in [0, 0.1) is 4.91 Å². The summed E-state index contributed by atoms with van der Waals surface area (Å²) < 4.78 is 2.04. The van der Waals surface area contributed by atoms with E-state index in [4.69, 9.17) is 0 Å². The molecule has 0 saturated heterocycles. The van der Waals surface area contributed by atoms with E-state index in [1.165, 1.54) is 29.8 Å². The minimum absolute atomic E-state index is 0. The molecule has 0 unspecified atom stereocenters. The molecule has 0 atom stereocenters. The number of carbonyl (C=O) groups is 1. The van der Waals surface area contributed by atoms with Crippen LogP contribution in [0.4, 0.5) is 11.4 Å². The first-order valence-corrected chi connectivity index (χ1v) is 9.24. The standard InChI is InChI=1S/C21H21N3O5.H2O/c1-3-4-11-24-16-8-6-5-7-14(16)19(26)18(21(24)28)20(27)22-15-12-13(23(2)29)9-10-17(15)25;/h5-10,12H,3-4,11H2,1-2H3,(H2-,22,25,26,27,28,29);1H2. The van der Waals surface area contributed by atoms with Crippen LogP contribution in [0.3, 0.4) is 0 Å². The Morgan fingerprint density at radius 1 is 1.17 bits per heavy atom. The number of phenolic OH excluding ortho intramolecular Hbond substituents is 1. The van der Waals surface area contributed by atoms with Crippen LogP contribution in [0.2, 0.25) is 0 Å². The summed E-state index contributed by atoms with van der Waals surface area (Å²) in [7, 11) is 1.28. The average Bonchev–Trinajstić information content (AvgIpc) is 2.69. The van der Waals surface area contributed by atoms with Crippen LogP contribution in [-0.2, 0) is 6.54 Å². The largest absolute Gasteiger partial charge is 0.870 e. The predicted molar refractivity (Wildman–Crippen MR) is 112 cm³/mol. The Labute approximate surface area is 172 Å². The van der Waals surface area contributed by atoms with Gasteiger partial charge in [0.25, 0.3) is 17.2 Å². The number of para-hydroxylation sites is 1. The molecule has 0 radical (unpaired) electrons. The Hall–Kier alpha value is -3.72. The van der Waals surface area contributed by atoms with E-state index in [1.54, 1.807) is 24.3 Å². The number of hydrogen-bond acceptors (Lipinski definition) is 6. The van der Waals surface area contributed by atoms with Crippen molar-refractivity contribution in [2.45, 2.75) is 26.3 Å². The summed E-state index contributed by atoms with van der Waals surface area (Å²) in [5, 5.41) is 23.5. The van der Waals surface area contributed by atoms with Crippen LogP contribution >= 0.6 is 0 Å². The topological polar surface area (TPSA) is 142 Å². The van der Waals surface area contributed by atoms with Gasteiger partial charge in [-0.1, -0.05) is 25.5 Å². The fraction of sp³-hybridized carbons (Fsp3) is 0.238. The van der Waals surface area contributed by atoms with E-state index >= 15 is 0 Å². The molecule has 158 valence electrons. The minimum Gasteiger partial charge on any atom is -0.870 e. The Morgan fingerprint density at radius 3 is 2.53 bits per heavy atom. The van der Waals surface area contributed by atoms with E-state index in [9.17, 15) is 24.7 Å². The van der Waals surface area contributed by atoms with Gasteiger partial charge in [0.2, 0.25) is 0 Å². The Balaban J connectivity index is 0.00000320. The fourth-order valence-corrected chi connectivity index (χ4v) is 3.14. The molecule has 1 amide bonds. The summed E-state index contributed by atoms with van der Waals surface area (Å²) in [6, 6.07) is 10.8. The fourth-order valence-electron chi connectivity index (χ4n) is 3.14. The van der Waals surface area contributed by atoms with Crippen LogP contribution < -0.4 is 10.9 Å². The lowest BCUT2D eigenvalue weighted by Crippen LogP contribution is -2.30. The van der Waals surface area contributed by atoms with Crippen molar-refractivity contribution >= 4 is 28.2 Å². The first-order chi connectivity index (χ1) is 13.8. The first-order valence-electron chi connectivity index (χ1n) is 9.24. The van der Waals surface area contributed by atoms with Gasteiger partial charge in [-0.15, -0.1) is 0 Å². The highest BCUT2D eigenvalue weighted by Crippen LogP contribution is 2.30. The molecule has 9 nitrogen and oxygen atoms in total. The number of aromatic hydroxyl groups is 2. The van der Waals surface area contributed by atoms with Gasteiger partial charge < -0.3 is 25.6 Å². The number of carbonyl (C=O) groups excluding carboxylic acids is 1. The maximum atomic E-state index is 13.0. The van der Waals surface area contributed by atoms with Gasteiger partial charge in [-0.2, -0.15) is 0 Å². The van der Waals surface area contributed by atoms with Crippen LogP contribution in [0.1, 0.15) is 30.1 Å². The molecular formula is C21H23N3O6. The summed E-state index contributed by atoms with van der Waals surface area (Å²) in [6.45, 7) is 2.39. The summed E-state index contributed by atoms with van der Waals surface area (Å²) in [4.78, 5) is 37.4. The number of nitrogens with one attached hydrogen (secondary N) is 1. The zero-order chi connectivity index (χ0) is 21.1. The minimum atomic E-state index is -0.871. The van der Waals surface area contributed by atoms with Crippen molar-refractivity contribution in [3.63, 3.8) is 0 Å². The number of rotatable bonds is 6. The molecule has 0 aliphatic carbocycles. The summed E-state index contributed by atoms with van der Waals surface area (Å²) in [5.41, 5.74) is -0.329. The highest BCUT2D eigenvalue weighted by Gasteiger charge is 2.23. The summed E-state index contributed by atoms with van der Waals surface area (Å²) in [6.07, 6.45) is 1.58. The van der Waals surface area contributed by atoms with Gasteiger partial charge in [0.15, 0.2) is 7.05 Å². The zero-order valence-electron chi connectivity index (χ0n) is 16.6. The smallest absolute Gasteiger partial charge is 0.267 e. The summed E-state index contributed by atoms with van der Waals surface area (Å²) >= 11 is 0. The second kappa shape index (κ2) is 9.19. The molecule has 0 bridgehead atoms. The molecule has 0 aliphatic rings. The van der Waals surface area contributed by atoms with Crippen molar-refractivity contribution in [2.75, 3.05) is 12.4 Å². The lowest BCUT2D eigenvalue weighted by molar-refractivity contribution is -0.428. The number of aryl methyl sites for hydroxylation is 1. The number of benzene rings is 2. The van der Waals surface area contributed by atoms with Crippen LogP contribution in [0.5, 0.6) is 11.5 Å². The molecule has 1 heterocycles. The predicted octanol–water partition coefficient (Wildman–Crippen LogP) is 3.33. The average molecular weight is 413 g/mol. The summed E-state index contributed by atoms with van der Waals surface area (Å²) in [5.74, 6) is -1.56. The van der Waals surface area contributed by atoms with E-state index in [0.717, 1.165) is 12.8 Å². The molecule has 30 heavy (non-hydrogen) atoms. The van der Waals surface area contributed by atoms with Crippen LogP contribution in [-0.4, -0.2) is 38.0 Å². The molecule has 3 aromatic rings. The second-order valence-electron chi connectivity index (χ2n) is 6.70. The van der Waals surface area contributed by atoms with E-state index in [0.29, 0.717) is 22.2 Å². The molecule has 0 saturated carbocycles. The molecule has 0 aliphatic heterocycles. The molecule has 3 rings (SSSR count). The molecule has 0 fully saturated rings. The van der Waals surface area contributed by atoms with Crippen molar-refractivity contribution in [3.8, 4) is 11.5 Å². The number of hydrogen-bond donors (Lipinski definition) is 3. The van der Waals surface area contributed by atoms with E-state index in [1.807, 2.05) is 6.92 Å². The first kappa shape index (κ1) is 22.6. The third kappa shape index (κ3) is 4.15. The van der Waals surface area contributed by atoms with Gasteiger partial charge in [-0.25, -0.2) is 0 Å². The highest BCUT2D eigenvalue weighted by molar-refractivity contribution is 6.09. The number of unbranched alkanes of at least 4 members (excludes halogenated alkanes) is 1. The third-order valence-corrected chi connectivity index (χ3v) is 4.70. The second-order valence-corrected chi connectivity index (χ2v) is 6.70. The van der Waals surface area contributed by atoms with Crippen LogP contribution in [0.15, 0.2) is 47.3 Å². The van der Waals surface area contributed by atoms with Gasteiger partial charge in [0.1, 0.15) is 17.1 Å². The lowest BCUT2D eigenvalue weighted by atomic mass is 10.1. The molecule has 9 heteroatoms. The van der Waals surface area contributed by atoms with Gasteiger partial charge in [0, 0.05) is 33.7 Å². The molecule has 4 N–H and O–H groups in total. The quantitative estimate of drug-likeness (QED) is 0.418. The maximum absolute atomic E-state index is 13.0. The SMILES string of the molecule is CCCCn1c(=O)c(C(=O)Nc2cc([N+](C)=O)ccc2O)c(O)c2ccccc21.[OH-]. The molecule has 1 aromatic heterocycles. The van der Waals surface area contributed by atoms with Gasteiger partial charge >= 0.3 is 0 Å². The van der Waals surface area contributed by atoms with E-state index < -0.39 is 22.8 Å². The zero-order valence-corrected chi connectivity index (χ0v) is 16.6. The number of anilines is 1. The van der Waals surface area contributed by atoms with Gasteiger partial charge in [-0.3, -0.25) is 9.59 Å². The van der Waals surface area contributed by atoms with E-state index in [2.05, 4.69) is 5.32 Å². The number of amides is 1. The van der Waals surface area contributed by atoms with Gasteiger partial charge in [-0.05, 0) is 24.6 Å². The number of nitrogens with zero attached hydrogens (tertiary/aromatic N) is 2. The van der Waals surface area contributed by atoms with Crippen molar-refractivity contribution in [2.24, 2.45) is 0 Å². The molecule has 2 aromatic carbocycles. The lowest BCUT2D eigenvalue weighted by Gasteiger charge is -2.15. The number of nitroso groups, excluding NO2 is 1. The van der Waals surface area contributed by atoms with Crippen molar-refractivity contribution < 1.29 is 25.2 Å². The third-order valence-electron chi connectivity index (χ3n) is 4.70. The normalized spacial score (nSPS) is 10.5. The highest BCUT2D eigenvalue weighted by atomic mass is 16.3. The number of fused-ring (bicyclic) bond motifs is 1. The van der Waals surface area contributed by atoms with E-state index in [-0.39, 0.29) is 22.6 Å².